The average molecular weight is 458 g/mol. The van der Waals surface area contributed by atoms with Gasteiger partial charge in [-0.05, 0) is 56.4 Å². The summed E-state index contributed by atoms with van der Waals surface area (Å²) in [4.78, 5) is 23.9. The van der Waals surface area contributed by atoms with Crippen LogP contribution >= 0.6 is 0 Å². The number of nitrogens with zero attached hydrogens (tertiary/aromatic N) is 1. The third-order valence-corrected chi connectivity index (χ3v) is 5.92. The number of methoxy groups -OCH3 is 1. The number of carbonyl (C=O) groups excluding carboxylic acids is 1. The summed E-state index contributed by atoms with van der Waals surface area (Å²) in [6.45, 7) is 10.1. The number of nitro benzene ring substituents is 1. The van der Waals surface area contributed by atoms with Crippen LogP contribution in [0.25, 0.3) is 0 Å². The number of hydrogen-bond donors (Lipinski definition) is 0. The molecule has 0 fully saturated rings. The fourth-order valence-electron chi connectivity index (χ4n) is 4.40. The van der Waals surface area contributed by atoms with Crippen molar-refractivity contribution in [3.05, 3.63) is 56.6 Å². The molecule has 0 saturated carbocycles. The molecule has 33 heavy (non-hydrogen) atoms. The van der Waals surface area contributed by atoms with Gasteiger partial charge in [0.25, 0.3) is 5.69 Å². The van der Waals surface area contributed by atoms with Crippen LogP contribution in [0.3, 0.4) is 0 Å². The highest BCUT2D eigenvalue weighted by molar-refractivity contribution is 6.03. The SMILES string of the molecule is COCOc1c(C)c(C)c2c(c1C)C(=O)CC(COc1ccc([N+](=O)[O-])cc1)(CC(C)C)O2. The van der Waals surface area contributed by atoms with E-state index in [9.17, 15) is 14.9 Å². The zero-order valence-corrected chi connectivity index (χ0v) is 20.0. The largest absolute Gasteiger partial charge is 0.489 e. The highest BCUT2D eigenvalue weighted by atomic mass is 16.7. The van der Waals surface area contributed by atoms with Crippen molar-refractivity contribution < 1.29 is 28.7 Å². The van der Waals surface area contributed by atoms with Crippen molar-refractivity contribution in [2.75, 3.05) is 20.5 Å². The Kier molecular flexibility index (Phi) is 7.27. The van der Waals surface area contributed by atoms with Crippen LogP contribution in [-0.2, 0) is 4.74 Å². The Morgan fingerprint density at radius 1 is 1.09 bits per heavy atom. The van der Waals surface area contributed by atoms with Crippen LogP contribution in [0.5, 0.6) is 17.2 Å². The molecule has 0 amide bonds. The van der Waals surface area contributed by atoms with Gasteiger partial charge < -0.3 is 18.9 Å². The number of carbonyl (C=O) groups is 1. The van der Waals surface area contributed by atoms with Crippen LogP contribution in [0.2, 0.25) is 0 Å². The van der Waals surface area contributed by atoms with Gasteiger partial charge in [0.15, 0.2) is 18.2 Å². The number of nitro groups is 1. The summed E-state index contributed by atoms with van der Waals surface area (Å²) in [6, 6.07) is 5.90. The summed E-state index contributed by atoms with van der Waals surface area (Å²) in [5.74, 6) is 1.93. The third kappa shape index (κ3) is 5.11. The lowest BCUT2D eigenvalue weighted by molar-refractivity contribution is -0.384. The Morgan fingerprint density at radius 2 is 1.76 bits per heavy atom. The van der Waals surface area contributed by atoms with Gasteiger partial charge in [-0.25, -0.2) is 0 Å². The smallest absolute Gasteiger partial charge is 0.269 e. The maximum atomic E-state index is 13.4. The first kappa shape index (κ1) is 24.5. The molecule has 8 nitrogen and oxygen atoms in total. The standard InChI is InChI=1S/C25H31NO7/c1-15(2)11-25(13-31-20-9-7-19(8-10-20)26(28)29)12-21(27)22-18(5)23(32-14-30-6)16(3)17(4)24(22)33-25/h7-10,15H,11-14H2,1-6H3. The Labute approximate surface area is 193 Å². The second-order valence-electron chi connectivity index (χ2n) is 8.98. The van der Waals surface area contributed by atoms with Crippen molar-refractivity contribution in [3.8, 4) is 17.2 Å². The van der Waals surface area contributed by atoms with Crippen molar-refractivity contribution in [1.29, 1.82) is 0 Å². The molecule has 1 heterocycles. The van der Waals surface area contributed by atoms with Crippen LogP contribution < -0.4 is 14.2 Å². The average Bonchev–Trinajstić information content (AvgIpc) is 2.75. The quantitative estimate of drug-likeness (QED) is 0.285. The van der Waals surface area contributed by atoms with Crippen LogP contribution in [0.4, 0.5) is 5.69 Å². The van der Waals surface area contributed by atoms with E-state index in [-0.39, 0.29) is 37.2 Å². The molecule has 0 aromatic heterocycles. The summed E-state index contributed by atoms with van der Waals surface area (Å²) in [7, 11) is 1.55. The lowest BCUT2D eigenvalue weighted by Gasteiger charge is -2.40. The van der Waals surface area contributed by atoms with Gasteiger partial charge in [0.1, 0.15) is 23.9 Å². The number of fused-ring (bicyclic) bond motifs is 1. The van der Waals surface area contributed by atoms with Crippen LogP contribution in [-0.4, -0.2) is 36.8 Å². The highest BCUT2D eigenvalue weighted by Gasteiger charge is 2.44. The second-order valence-corrected chi connectivity index (χ2v) is 8.98. The van der Waals surface area contributed by atoms with Gasteiger partial charge in [0, 0.05) is 24.8 Å². The summed E-state index contributed by atoms with van der Waals surface area (Å²) >= 11 is 0. The van der Waals surface area contributed by atoms with E-state index in [1.165, 1.54) is 12.1 Å². The van der Waals surface area contributed by atoms with Crippen molar-refractivity contribution in [2.45, 2.75) is 53.1 Å². The normalized spacial score (nSPS) is 17.5. The molecule has 2 aromatic carbocycles. The monoisotopic (exact) mass is 457 g/mol. The highest BCUT2D eigenvalue weighted by Crippen LogP contribution is 2.45. The summed E-state index contributed by atoms with van der Waals surface area (Å²) in [6.07, 6.45) is 0.781. The molecule has 178 valence electrons. The van der Waals surface area contributed by atoms with Crippen LogP contribution in [0, 0.1) is 36.8 Å². The van der Waals surface area contributed by atoms with Crippen molar-refractivity contribution >= 4 is 11.5 Å². The van der Waals surface area contributed by atoms with Gasteiger partial charge in [-0.2, -0.15) is 0 Å². The van der Waals surface area contributed by atoms with Crippen LogP contribution in [0.15, 0.2) is 24.3 Å². The predicted molar refractivity (Wildman–Crippen MR) is 124 cm³/mol. The minimum absolute atomic E-state index is 0.00895. The van der Waals surface area contributed by atoms with E-state index in [1.807, 2.05) is 20.8 Å². The summed E-state index contributed by atoms with van der Waals surface area (Å²) in [5, 5.41) is 10.9. The predicted octanol–water partition coefficient (Wildman–Crippen LogP) is 5.33. The van der Waals surface area contributed by atoms with E-state index in [2.05, 4.69) is 13.8 Å². The molecule has 0 radical (unpaired) electrons. The van der Waals surface area contributed by atoms with E-state index >= 15 is 0 Å². The molecule has 0 N–H and O–H groups in total. The van der Waals surface area contributed by atoms with Gasteiger partial charge in [-0.15, -0.1) is 0 Å². The zero-order valence-electron chi connectivity index (χ0n) is 20.0. The molecule has 1 unspecified atom stereocenters. The number of non-ortho nitro benzene ring substituents is 1. The number of benzene rings is 2. The maximum absolute atomic E-state index is 13.4. The van der Waals surface area contributed by atoms with E-state index in [0.29, 0.717) is 29.2 Å². The molecular weight excluding hydrogens is 426 g/mol. The Morgan fingerprint density at radius 3 is 2.33 bits per heavy atom. The number of hydrogen-bond acceptors (Lipinski definition) is 7. The fourth-order valence-corrected chi connectivity index (χ4v) is 4.40. The number of rotatable bonds is 9. The van der Waals surface area contributed by atoms with E-state index in [1.54, 1.807) is 19.2 Å². The molecular formula is C25H31NO7. The van der Waals surface area contributed by atoms with Crippen molar-refractivity contribution in [2.24, 2.45) is 5.92 Å². The van der Waals surface area contributed by atoms with Crippen molar-refractivity contribution in [3.63, 3.8) is 0 Å². The molecule has 0 spiro atoms. The number of ketones is 1. The van der Waals surface area contributed by atoms with E-state index in [4.69, 9.17) is 18.9 Å². The third-order valence-electron chi connectivity index (χ3n) is 5.92. The first-order valence-corrected chi connectivity index (χ1v) is 10.9. The minimum Gasteiger partial charge on any atom is -0.489 e. The van der Waals surface area contributed by atoms with Gasteiger partial charge in [-0.1, -0.05) is 13.8 Å². The summed E-state index contributed by atoms with van der Waals surface area (Å²) in [5.41, 5.74) is 2.17. The minimum atomic E-state index is -0.849. The molecule has 8 heteroatoms. The van der Waals surface area contributed by atoms with Gasteiger partial charge in [-0.3, -0.25) is 14.9 Å². The van der Waals surface area contributed by atoms with Crippen LogP contribution in [0.1, 0.15) is 53.7 Å². The Balaban J connectivity index is 1.95. The topological polar surface area (TPSA) is 97.1 Å². The van der Waals surface area contributed by atoms with Gasteiger partial charge >= 0.3 is 0 Å². The molecule has 1 atom stereocenters. The molecule has 0 aliphatic carbocycles. The van der Waals surface area contributed by atoms with Crippen molar-refractivity contribution in [1.82, 2.24) is 0 Å². The maximum Gasteiger partial charge on any atom is 0.269 e. The van der Waals surface area contributed by atoms with E-state index < -0.39 is 10.5 Å². The van der Waals surface area contributed by atoms with Gasteiger partial charge in [0.2, 0.25) is 0 Å². The molecule has 1 aliphatic heterocycles. The molecule has 1 aliphatic rings. The lowest BCUT2D eigenvalue weighted by Crippen LogP contribution is -2.48. The Bertz CT molecular complexity index is 1050. The first-order valence-electron chi connectivity index (χ1n) is 10.9. The molecule has 0 saturated heterocycles. The zero-order chi connectivity index (χ0) is 24.3. The van der Waals surface area contributed by atoms with E-state index in [0.717, 1.165) is 16.7 Å². The number of Topliss-reactive ketones (excluding diaryl/α,β-unsaturated/α-hetero) is 1. The Hall–Kier alpha value is -3.13. The number of ether oxygens (including phenoxy) is 4. The fraction of sp³-hybridized carbons (Fsp3) is 0.480. The molecule has 0 bridgehead atoms. The first-order chi connectivity index (χ1) is 15.6. The molecule has 3 rings (SSSR count). The lowest BCUT2D eigenvalue weighted by atomic mass is 9.81. The van der Waals surface area contributed by atoms with Gasteiger partial charge in [0.05, 0.1) is 16.9 Å². The molecule has 2 aromatic rings. The summed E-state index contributed by atoms with van der Waals surface area (Å²) < 4.78 is 23.4. The second kappa shape index (κ2) is 9.79.